The van der Waals surface area contributed by atoms with Crippen molar-refractivity contribution in [3.05, 3.63) is 48.5 Å². The Kier molecular flexibility index (Phi) is 16.9. The molecular weight excluding hydrogens is 457 g/mol. The Labute approximate surface area is 235 Å². The topological polar surface area (TPSA) is 138 Å². The summed E-state index contributed by atoms with van der Waals surface area (Å²) >= 11 is -4.50. The fraction of sp³-hybridized carbons (Fsp3) is 0.143. The summed E-state index contributed by atoms with van der Waals surface area (Å²) in [6.07, 6.45) is 0. The number of hydrogen-bond acceptors (Lipinski definition) is 8. The quantitative estimate of drug-likeness (QED) is 0.286. The molecule has 14 heteroatoms. The van der Waals surface area contributed by atoms with E-state index in [2.05, 4.69) is 10.6 Å². The predicted octanol–water partition coefficient (Wildman–Crippen LogP) is -7.97. The van der Waals surface area contributed by atoms with E-state index in [1.165, 1.54) is 48.5 Å². The molecule has 2 N–H and O–H groups in total. The van der Waals surface area contributed by atoms with Crippen molar-refractivity contribution < 1.29 is 115 Å². The number of anilines is 2. The standard InChI is InChI=1S/C14H16N2O6S3.3Na/c17-23(18)9-15-11-1-5-13(6-2-11)25(21,22)14-7-3-12(4-8-14)16-10-24(19)20;;;/h1-8,15-16H,9-10H2,(H,17,18)(H,19,20);;;/q;3*+1/p-2. The Morgan fingerprint density at radius 3 is 1.21 bits per heavy atom. The Morgan fingerprint density at radius 1 is 0.679 bits per heavy atom. The number of hydrogen-bond donors (Lipinski definition) is 2. The molecule has 0 aliphatic carbocycles. The molecule has 2 atom stereocenters. The molecule has 28 heavy (non-hydrogen) atoms. The van der Waals surface area contributed by atoms with Crippen LogP contribution in [0.1, 0.15) is 0 Å². The van der Waals surface area contributed by atoms with Crippen LogP contribution in [0.4, 0.5) is 11.4 Å². The van der Waals surface area contributed by atoms with E-state index in [-0.39, 0.29) is 110 Å². The van der Waals surface area contributed by atoms with Gasteiger partial charge < -0.3 is 19.7 Å². The van der Waals surface area contributed by atoms with Gasteiger partial charge in [-0.2, -0.15) is 0 Å². The van der Waals surface area contributed by atoms with E-state index in [9.17, 15) is 25.9 Å². The van der Waals surface area contributed by atoms with E-state index >= 15 is 0 Å². The number of rotatable bonds is 8. The summed E-state index contributed by atoms with van der Waals surface area (Å²) < 4.78 is 67.1. The molecule has 0 bridgehead atoms. The van der Waals surface area contributed by atoms with Gasteiger partial charge in [0.15, 0.2) is 0 Å². The smallest absolute Gasteiger partial charge is 0.771 e. The summed E-state index contributed by atoms with van der Waals surface area (Å²) in [4.78, 5) is 0.116. The molecule has 0 heterocycles. The van der Waals surface area contributed by atoms with Crippen LogP contribution in [0.3, 0.4) is 0 Å². The van der Waals surface area contributed by atoms with E-state index in [4.69, 9.17) is 0 Å². The van der Waals surface area contributed by atoms with Gasteiger partial charge in [0, 0.05) is 11.4 Å². The van der Waals surface area contributed by atoms with Gasteiger partial charge >= 0.3 is 88.7 Å². The van der Waals surface area contributed by atoms with E-state index in [0.717, 1.165) is 0 Å². The van der Waals surface area contributed by atoms with Gasteiger partial charge in [-0.25, -0.2) is 8.42 Å². The number of benzene rings is 2. The summed E-state index contributed by atoms with van der Waals surface area (Å²) in [7, 11) is -3.73. The molecule has 0 saturated carbocycles. The molecule has 0 radical (unpaired) electrons. The van der Waals surface area contributed by atoms with E-state index in [1.54, 1.807) is 0 Å². The minimum atomic E-state index is -3.73. The zero-order valence-corrected chi connectivity index (χ0v) is 24.2. The summed E-state index contributed by atoms with van der Waals surface area (Å²) in [5.41, 5.74) is 0.960. The second kappa shape index (κ2) is 15.1. The van der Waals surface area contributed by atoms with Crippen molar-refractivity contribution in [1.82, 2.24) is 0 Å². The summed E-state index contributed by atoms with van der Waals surface area (Å²) in [6, 6.07) is 11.4. The molecule has 2 rings (SSSR count). The van der Waals surface area contributed by atoms with Gasteiger partial charge in [0.25, 0.3) is 0 Å². The number of sulfone groups is 1. The van der Waals surface area contributed by atoms with Crippen LogP contribution in [0.5, 0.6) is 0 Å². The SMILES string of the molecule is O=S([O-])CNc1ccc(S(=O)(=O)c2ccc(NCS(=O)[O-])cc2)cc1.[Na+].[Na+].[Na+]. The molecular formula is C14H14N2Na3O6S3+. The second-order valence-electron chi connectivity index (χ2n) is 4.80. The first kappa shape index (κ1) is 31.4. The largest absolute Gasteiger partial charge is 1.00 e. The normalized spacial score (nSPS) is 12.4. The molecule has 0 spiro atoms. The van der Waals surface area contributed by atoms with Gasteiger partial charge in [-0.05, 0) is 70.7 Å². The molecule has 0 fully saturated rings. The first-order chi connectivity index (χ1) is 11.8. The molecule has 2 unspecified atom stereocenters. The zero-order valence-electron chi connectivity index (χ0n) is 15.7. The van der Waals surface area contributed by atoms with Crippen LogP contribution in [0.25, 0.3) is 0 Å². The number of nitrogens with one attached hydrogen (secondary N) is 2. The van der Waals surface area contributed by atoms with E-state index < -0.39 is 32.0 Å². The van der Waals surface area contributed by atoms with Crippen molar-refractivity contribution in [3.8, 4) is 0 Å². The monoisotopic (exact) mass is 471 g/mol. The van der Waals surface area contributed by atoms with Crippen molar-refractivity contribution in [2.75, 3.05) is 22.4 Å². The average Bonchev–Trinajstić information content (AvgIpc) is 2.59. The fourth-order valence-electron chi connectivity index (χ4n) is 1.92. The third kappa shape index (κ3) is 10.0. The van der Waals surface area contributed by atoms with Crippen molar-refractivity contribution in [2.45, 2.75) is 9.79 Å². The molecule has 0 aliphatic rings. The maximum Gasteiger partial charge on any atom is 1.00 e. The summed E-state index contributed by atoms with van der Waals surface area (Å²) in [6.45, 7) is 0. The summed E-state index contributed by atoms with van der Waals surface area (Å²) in [5, 5.41) is 5.25. The second-order valence-corrected chi connectivity index (χ2v) is 8.54. The third-order valence-electron chi connectivity index (χ3n) is 3.12. The Hall–Kier alpha value is 1.21. The minimum Gasteiger partial charge on any atom is -0.771 e. The molecule has 0 aromatic heterocycles. The Bertz CT molecular complexity index is 813. The van der Waals surface area contributed by atoms with Gasteiger partial charge in [0.1, 0.15) is 0 Å². The van der Waals surface area contributed by atoms with Crippen molar-refractivity contribution in [3.63, 3.8) is 0 Å². The molecule has 2 aromatic rings. The van der Waals surface area contributed by atoms with Crippen LogP contribution in [-0.4, -0.2) is 37.7 Å². The first-order valence-corrected chi connectivity index (χ1v) is 10.8. The summed E-state index contributed by atoms with van der Waals surface area (Å²) in [5.74, 6) is -0.538. The van der Waals surface area contributed by atoms with Crippen LogP contribution < -0.4 is 99.3 Å². The predicted molar refractivity (Wildman–Crippen MR) is 93.2 cm³/mol. The Balaban J connectivity index is 0. The van der Waals surface area contributed by atoms with Crippen molar-refractivity contribution >= 4 is 43.4 Å². The van der Waals surface area contributed by atoms with Crippen LogP contribution in [0.15, 0.2) is 58.3 Å². The van der Waals surface area contributed by atoms with E-state index in [0.29, 0.717) is 11.4 Å². The zero-order chi connectivity index (χ0) is 18.4. The van der Waals surface area contributed by atoms with Crippen LogP contribution in [0.2, 0.25) is 0 Å². The molecule has 0 aliphatic heterocycles. The molecule has 0 amide bonds. The Morgan fingerprint density at radius 2 is 0.964 bits per heavy atom. The average molecular weight is 471 g/mol. The molecule has 8 nitrogen and oxygen atoms in total. The van der Waals surface area contributed by atoms with Crippen molar-refractivity contribution in [1.29, 1.82) is 0 Å². The minimum absolute atomic E-state index is 0. The molecule has 136 valence electrons. The first-order valence-electron chi connectivity index (χ1n) is 6.84. The van der Waals surface area contributed by atoms with E-state index in [1.807, 2.05) is 0 Å². The van der Waals surface area contributed by atoms with Crippen LogP contribution >= 0.6 is 0 Å². The maximum atomic E-state index is 12.6. The van der Waals surface area contributed by atoms with Gasteiger partial charge in [-0.15, -0.1) is 0 Å². The third-order valence-corrected chi connectivity index (χ3v) is 5.66. The molecule has 0 saturated heterocycles. The fourth-order valence-corrected chi connectivity index (χ4v) is 3.75. The molecule has 2 aromatic carbocycles. The van der Waals surface area contributed by atoms with Gasteiger partial charge in [0.05, 0.1) is 21.5 Å². The van der Waals surface area contributed by atoms with Crippen molar-refractivity contribution in [2.24, 2.45) is 0 Å². The van der Waals surface area contributed by atoms with Crippen LogP contribution in [-0.2, 0) is 32.0 Å². The van der Waals surface area contributed by atoms with Gasteiger partial charge in [0.2, 0.25) is 9.84 Å². The van der Waals surface area contributed by atoms with Crippen LogP contribution in [0, 0.1) is 0 Å². The maximum absolute atomic E-state index is 12.6. The van der Waals surface area contributed by atoms with Gasteiger partial charge in [-0.1, -0.05) is 0 Å². The van der Waals surface area contributed by atoms with Gasteiger partial charge in [-0.3, -0.25) is 8.42 Å².